The van der Waals surface area contributed by atoms with Gasteiger partial charge in [0.15, 0.2) is 23.8 Å². The number of carbonyl (C=O) groups excluding carboxylic acids is 1. The summed E-state index contributed by atoms with van der Waals surface area (Å²) in [6, 6.07) is 14.8. The van der Waals surface area contributed by atoms with E-state index < -0.39 is 42.1 Å². The van der Waals surface area contributed by atoms with Gasteiger partial charge in [0.25, 0.3) is 0 Å². The van der Waals surface area contributed by atoms with Crippen LogP contribution >= 0.6 is 0 Å². The van der Waals surface area contributed by atoms with Crippen molar-refractivity contribution < 1.29 is 26.4 Å². The number of allylic oxidation sites excluding steroid dienone is 1. The van der Waals surface area contributed by atoms with Crippen molar-refractivity contribution in [3.63, 3.8) is 0 Å². The summed E-state index contributed by atoms with van der Waals surface area (Å²) in [4.78, 5) is 11.1. The molecule has 0 radical (unpaired) electrons. The molecule has 2 aromatic carbocycles. The molecule has 164 valence electrons. The lowest BCUT2D eigenvalue weighted by atomic mass is 10.0. The normalized spacial score (nSPS) is 12.8. The standard InChI is InChI=1S/C23H24O6S2/c1-4-18-23(19(2)12-11-17-22(24)29-3,30(25,26)20-13-7-5-8-14-20)31(27,28)21-15-9-6-10-16-21/h4-10,13-16,19H,1,17-18H2,2-3H3. The molecule has 0 heterocycles. The number of hydrogen-bond acceptors (Lipinski definition) is 6. The van der Waals surface area contributed by atoms with E-state index in [-0.39, 0.29) is 16.2 Å². The maximum atomic E-state index is 13.9. The Morgan fingerprint density at radius 1 is 1.00 bits per heavy atom. The van der Waals surface area contributed by atoms with E-state index in [1.165, 1.54) is 68.6 Å². The van der Waals surface area contributed by atoms with Crippen LogP contribution < -0.4 is 0 Å². The van der Waals surface area contributed by atoms with Crippen molar-refractivity contribution in [2.75, 3.05) is 7.11 Å². The molecule has 6 nitrogen and oxygen atoms in total. The average molecular weight is 461 g/mol. The van der Waals surface area contributed by atoms with Crippen LogP contribution in [0.4, 0.5) is 0 Å². The van der Waals surface area contributed by atoms with E-state index in [1.54, 1.807) is 12.1 Å². The van der Waals surface area contributed by atoms with Gasteiger partial charge in [-0.3, -0.25) is 4.79 Å². The summed E-state index contributed by atoms with van der Waals surface area (Å²) < 4.78 is 57.7. The summed E-state index contributed by atoms with van der Waals surface area (Å²) in [6.45, 7) is 5.04. The van der Waals surface area contributed by atoms with Crippen molar-refractivity contribution in [2.45, 2.75) is 33.6 Å². The molecule has 0 aliphatic heterocycles. The highest BCUT2D eigenvalue weighted by Gasteiger charge is 2.58. The number of ether oxygens (including phenoxy) is 1. The van der Waals surface area contributed by atoms with Crippen molar-refractivity contribution in [1.29, 1.82) is 0 Å². The van der Waals surface area contributed by atoms with Crippen LogP contribution in [-0.4, -0.2) is 34.0 Å². The smallest absolute Gasteiger partial charge is 0.317 e. The van der Waals surface area contributed by atoms with Crippen LogP contribution in [0.5, 0.6) is 0 Å². The highest BCUT2D eigenvalue weighted by Crippen LogP contribution is 2.44. The largest absolute Gasteiger partial charge is 0.468 e. The van der Waals surface area contributed by atoms with Crippen molar-refractivity contribution in [3.05, 3.63) is 73.3 Å². The Morgan fingerprint density at radius 2 is 1.45 bits per heavy atom. The third kappa shape index (κ3) is 4.58. The van der Waals surface area contributed by atoms with Crippen LogP contribution in [0.3, 0.4) is 0 Å². The van der Waals surface area contributed by atoms with Crippen molar-refractivity contribution >= 4 is 25.6 Å². The van der Waals surface area contributed by atoms with Crippen molar-refractivity contribution in [2.24, 2.45) is 5.92 Å². The second-order valence-corrected chi connectivity index (χ2v) is 11.4. The molecule has 0 aliphatic carbocycles. The zero-order chi connectivity index (χ0) is 23.1. The van der Waals surface area contributed by atoms with Gasteiger partial charge < -0.3 is 4.74 Å². The number of sulfone groups is 2. The van der Waals surface area contributed by atoms with Crippen molar-refractivity contribution in [3.8, 4) is 11.8 Å². The van der Waals surface area contributed by atoms with E-state index in [0.717, 1.165) is 0 Å². The molecule has 0 N–H and O–H groups in total. The molecule has 0 saturated heterocycles. The highest BCUT2D eigenvalue weighted by atomic mass is 32.3. The van der Waals surface area contributed by atoms with Crippen LogP contribution in [-0.2, 0) is 29.2 Å². The number of carbonyl (C=O) groups is 1. The first-order valence-corrected chi connectivity index (χ1v) is 12.4. The maximum Gasteiger partial charge on any atom is 0.317 e. The molecule has 31 heavy (non-hydrogen) atoms. The van der Waals surface area contributed by atoms with E-state index in [9.17, 15) is 21.6 Å². The summed E-state index contributed by atoms with van der Waals surface area (Å²) in [7, 11) is -7.72. The fourth-order valence-electron chi connectivity index (χ4n) is 3.26. The van der Waals surface area contributed by atoms with Gasteiger partial charge in [0.05, 0.1) is 22.8 Å². The topological polar surface area (TPSA) is 94.6 Å². The predicted octanol–water partition coefficient (Wildman–Crippen LogP) is 3.41. The lowest BCUT2D eigenvalue weighted by Crippen LogP contribution is -2.51. The lowest BCUT2D eigenvalue weighted by molar-refractivity contribution is -0.139. The van der Waals surface area contributed by atoms with Gasteiger partial charge in [0.2, 0.25) is 0 Å². The Labute approximate surface area is 183 Å². The van der Waals surface area contributed by atoms with Gasteiger partial charge >= 0.3 is 5.97 Å². The van der Waals surface area contributed by atoms with Crippen molar-refractivity contribution in [1.82, 2.24) is 0 Å². The number of benzene rings is 2. The molecule has 2 rings (SSSR count). The van der Waals surface area contributed by atoms with Gasteiger partial charge in [-0.05, 0) is 31.2 Å². The zero-order valence-corrected chi connectivity index (χ0v) is 18.9. The molecule has 0 fully saturated rings. The van der Waals surface area contributed by atoms with Gasteiger partial charge in [-0.2, -0.15) is 0 Å². The third-order valence-corrected chi connectivity index (χ3v) is 10.8. The van der Waals surface area contributed by atoms with E-state index in [4.69, 9.17) is 0 Å². The Balaban J connectivity index is 2.85. The number of rotatable bonds is 8. The minimum atomic E-state index is -4.46. The van der Waals surface area contributed by atoms with Gasteiger partial charge in [0.1, 0.15) is 6.42 Å². The Morgan fingerprint density at radius 3 is 1.84 bits per heavy atom. The van der Waals surface area contributed by atoms with Gasteiger partial charge in [-0.25, -0.2) is 16.8 Å². The third-order valence-electron chi connectivity index (χ3n) is 4.88. The predicted molar refractivity (Wildman–Crippen MR) is 118 cm³/mol. The zero-order valence-electron chi connectivity index (χ0n) is 17.3. The molecule has 8 heteroatoms. The van der Waals surface area contributed by atoms with Gasteiger partial charge in [-0.15, -0.1) is 6.58 Å². The van der Waals surface area contributed by atoms with E-state index in [2.05, 4.69) is 23.2 Å². The molecule has 1 unspecified atom stereocenters. The first-order valence-electron chi connectivity index (χ1n) is 9.40. The Bertz CT molecular complexity index is 1120. The molecule has 0 bridgehead atoms. The average Bonchev–Trinajstić information content (AvgIpc) is 2.78. The van der Waals surface area contributed by atoms with E-state index in [0.29, 0.717) is 0 Å². The summed E-state index contributed by atoms with van der Waals surface area (Å²) in [6.07, 6.45) is 0.580. The first-order chi connectivity index (χ1) is 14.6. The molecule has 0 aliphatic rings. The molecule has 0 aromatic heterocycles. The van der Waals surface area contributed by atoms with Crippen LogP contribution in [0.25, 0.3) is 0 Å². The second kappa shape index (κ2) is 9.94. The highest BCUT2D eigenvalue weighted by molar-refractivity contribution is 8.10. The van der Waals surface area contributed by atoms with Gasteiger partial charge in [0, 0.05) is 6.42 Å². The molecule has 1 atom stereocenters. The quantitative estimate of drug-likeness (QED) is 0.340. The minimum Gasteiger partial charge on any atom is -0.468 e. The maximum absolute atomic E-state index is 13.9. The Hall–Kier alpha value is -2.89. The van der Waals surface area contributed by atoms with Crippen LogP contribution in [0.15, 0.2) is 83.1 Å². The molecular formula is C23H24O6S2. The molecule has 0 spiro atoms. The SMILES string of the molecule is C=CCC(C(C)C#CCC(=O)OC)(S(=O)(=O)c1ccccc1)S(=O)(=O)c1ccccc1. The Kier molecular flexibility index (Phi) is 7.82. The summed E-state index contributed by atoms with van der Waals surface area (Å²) in [5.74, 6) is 3.43. The monoisotopic (exact) mass is 460 g/mol. The first kappa shape index (κ1) is 24.4. The lowest BCUT2D eigenvalue weighted by Gasteiger charge is -2.35. The van der Waals surface area contributed by atoms with E-state index >= 15 is 0 Å². The summed E-state index contributed by atoms with van der Waals surface area (Å²) >= 11 is 0. The molecular weight excluding hydrogens is 436 g/mol. The summed E-state index contributed by atoms with van der Waals surface area (Å²) in [5.41, 5.74) is 0. The van der Waals surface area contributed by atoms with Crippen LogP contribution in [0, 0.1) is 17.8 Å². The van der Waals surface area contributed by atoms with Crippen LogP contribution in [0.2, 0.25) is 0 Å². The number of methoxy groups -OCH3 is 1. The van der Waals surface area contributed by atoms with E-state index in [1.807, 2.05) is 0 Å². The number of hydrogen-bond donors (Lipinski definition) is 0. The molecule has 0 amide bonds. The summed E-state index contributed by atoms with van der Waals surface area (Å²) in [5, 5.41) is 0. The molecule has 0 saturated carbocycles. The fourth-order valence-corrected chi connectivity index (χ4v) is 8.55. The fraction of sp³-hybridized carbons (Fsp3) is 0.261. The minimum absolute atomic E-state index is 0.141. The number of esters is 1. The second-order valence-electron chi connectivity index (χ2n) is 6.73. The van der Waals surface area contributed by atoms with Crippen LogP contribution in [0.1, 0.15) is 19.8 Å². The molecule has 2 aromatic rings. The van der Waals surface area contributed by atoms with Gasteiger partial charge in [-0.1, -0.05) is 54.3 Å².